The molecule has 1 rings (SSSR count). The fourth-order valence-corrected chi connectivity index (χ4v) is 2.22. The molecule has 4 nitrogen and oxygen atoms in total. The molecule has 0 saturated carbocycles. The third kappa shape index (κ3) is 6.55. The second kappa shape index (κ2) is 10.7. The summed E-state index contributed by atoms with van der Waals surface area (Å²) in [5.41, 5.74) is 1.03. The molecule has 5 heteroatoms. The number of hydrogen-bond acceptors (Lipinski definition) is 4. The first kappa shape index (κ1) is 18.1. The van der Waals surface area contributed by atoms with Gasteiger partial charge < -0.3 is 19.5 Å². The quantitative estimate of drug-likeness (QED) is 0.633. The predicted molar refractivity (Wildman–Crippen MR) is 86.6 cm³/mol. The Morgan fingerprint density at radius 2 is 1.90 bits per heavy atom. The second-order valence-electron chi connectivity index (χ2n) is 4.82. The first-order valence-corrected chi connectivity index (χ1v) is 7.79. The number of benzene rings is 1. The zero-order chi connectivity index (χ0) is 15.5. The molecule has 0 atom stereocenters. The summed E-state index contributed by atoms with van der Waals surface area (Å²) in [6.45, 7) is 5.22. The summed E-state index contributed by atoms with van der Waals surface area (Å²) in [7, 11) is 3.34. The van der Waals surface area contributed by atoms with E-state index in [0.717, 1.165) is 50.3 Å². The molecule has 0 bridgehead atoms. The van der Waals surface area contributed by atoms with Crippen molar-refractivity contribution in [1.29, 1.82) is 0 Å². The van der Waals surface area contributed by atoms with Crippen LogP contribution in [0.25, 0.3) is 0 Å². The van der Waals surface area contributed by atoms with Gasteiger partial charge in [-0.15, -0.1) is 0 Å². The third-order valence-electron chi connectivity index (χ3n) is 3.05. The van der Waals surface area contributed by atoms with Gasteiger partial charge in [-0.05, 0) is 31.9 Å². The Hall–Kier alpha value is -0.970. The van der Waals surface area contributed by atoms with E-state index in [1.807, 2.05) is 6.07 Å². The third-order valence-corrected chi connectivity index (χ3v) is 3.27. The van der Waals surface area contributed by atoms with Crippen LogP contribution < -0.4 is 14.8 Å². The van der Waals surface area contributed by atoms with Crippen LogP contribution in [-0.2, 0) is 11.3 Å². The van der Waals surface area contributed by atoms with Crippen molar-refractivity contribution >= 4 is 11.6 Å². The summed E-state index contributed by atoms with van der Waals surface area (Å²) < 4.78 is 16.3. The van der Waals surface area contributed by atoms with E-state index >= 15 is 0 Å². The maximum atomic E-state index is 6.14. The fraction of sp³-hybridized carbons (Fsp3) is 0.625. The number of unbranched alkanes of at least 4 members (excludes halogenated alkanes) is 1. The van der Waals surface area contributed by atoms with Gasteiger partial charge in [-0.25, -0.2) is 0 Å². The van der Waals surface area contributed by atoms with Crippen LogP contribution in [-0.4, -0.2) is 34.0 Å². The smallest absolute Gasteiger partial charge is 0.165 e. The molecule has 0 aromatic heterocycles. The molecule has 1 aromatic carbocycles. The van der Waals surface area contributed by atoms with Crippen molar-refractivity contribution in [3.8, 4) is 11.5 Å². The fourth-order valence-electron chi connectivity index (χ4n) is 1.99. The molecule has 1 N–H and O–H groups in total. The van der Waals surface area contributed by atoms with Crippen molar-refractivity contribution < 1.29 is 14.2 Å². The Labute approximate surface area is 132 Å². The van der Waals surface area contributed by atoms with Crippen LogP contribution in [0.1, 0.15) is 31.7 Å². The molecule has 0 fully saturated rings. The van der Waals surface area contributed by atoms with E-state index in [-0.39, 0.29) is 0 Å². The summed E-state index contributed by atoms with van der Waals surface area (Å²) in [6, 6.07) is 3.71. The van der Waals surface area contributed by atoms with E-state index in [4.69, 9.17) is 25.8 Å². The highest BCUT2D eigenvalue weighted by Gasteiger charge is 2.12. The lowest BCUT2D eigenvalue weighted by Gasteiger charge is -2.16. The number of ether oxygens (including phenoxy) is 3. The van der Waals surface area contributed by atoms with Gasteiger partial charge in [0, 0.05) is 36.9 Å². The lowest BCUT2D eigenvalue weighted by molar-refractivity contribution is 0.183. The number of hydrogen-bond donors (Lipinski definition) is 1. The molecule has 0 saturated heterocycles. The van der Waals surface area contributed by atoms with E-state index in [1.165, 1.54) is 0 Å². The predicted octanol–water partition coefficient (Wildman–Crippen LogP) is 3.65. The molecule has 0 heterocycles. The molecule has 0 aliphatic rings. The summed E-state index contributed by atoms with van der Waals surface area (Å²) in [4.78, 5) is 0. The largest absolute Gasteiger partial charge is 0.493 e. The lowest BCUT2D eigenvalue weighted by Crippen LogP contribution is -2.15. The van der Waals surface area contributed by atoms with Gasteiger partial charge in [-0.1, -0.05) is 18.5 Å². The molecule has 0 spiro atoms. The molecular formula is C16H26ClNO3. The van der Waals surface area contributed by atoms with E-state index in [9.17, 15) is 0 Å². The van der Waals surface area contributed by atoms with Crippen molar-refractivity contribution in [3.63, 3.8) is 0 Å². The van der Waals surface area contributed by atoms with Gasteiger partial charge in [-0.2, -0.15) is 0 Å². The highest BCUT2D eigenvalue weighted by molar-refractivity contribution is 6.30. The van der Waals surface area contributed by atoms with Gasteiger partial charge in [0.15, 0.2) is 11.5 Å². The topological polar surface area (TPSA) is 39.7 Å². The van der Waals surface area contributed by atoms with Gasteiger partial charge in [0.25, 0.3) is 0 Å². The standard InChI is InChI=1S/C16H26ClNO3/c1-4-7-18-12-13-10-14(17)11-15(20-3)16(13)21-9-6-5-8-19-2/h10-11,18H,4-9,12H2,1-3H3. The van der Waals surface area contributed by atoms with E-state index in [2.05, 4.69) is 12.2 Å². The Morgan fingerprint density at radius 1 is 1.14 bits per heavy atom. The van der Waals surface area contributed by atoms with Crippen LogP contribution in [0.5, 0.6) is 11.5 Å². The summed E-state index contributed by atoms with van der Waals surface area (Å²) in [5.74, 6) is 1.46. The van der Waals surface area contributed by atoms with Crippen LogP contribution in [0.2, 0.25) is 5.02 Å². The lowest BCUT2D eigenvalue weighted by atomic mass is 10.1. The SMILES string of the molecule is CCCNCc1cc(Cl)cc(OC)c1OCCCCOC. The van der Waals surface area contributed by atoms with Gasteiger partial charge in [0.1, 0.15) is 0 Å². The van der Waals surface area contributed by atoms with Crippen molar-refractivity contribution in [1.82, 2.24) is 5.32 Å². The van der Waals surface area contributed by atoms with Crippen molar-refractivity contribution in [3.05, 3.63) is 22.7 Å². The van der Waals surface area contributed by atoms with E-state index in [0.29, 0.717) is 17.4 Å². The summed E-state index contributed by atoms with van der Waals surface area (Å²) >= 11 is 6.14. The second-order valence-corrected chi connectivity index (χ2v) is 5.26. The first-order valence-electron chi connectivity index (χ1n) is 7.41. The summed E-state index contributed by atoms with van der Waals surface area (Å²) in [6.07, 6.45) is 3.02. The molecule has 1 aromatic rings. The Kier molecular flexibility index (Phi) is 9.22. The molecule has 120 valence electrons. The monoisotopic (exact) mass is 315 g/mol. The Balaban J connectivity index is 2.71. The zero-order valence-corrected chi connectivity index (χ0v) is 14.0. The highest BCUT2D eigenvalue weighted by Crippen LogP contribution is 2.34. The van der Waals surface area contributed by atoms with Crippen molar-refractivity contribution in [2.75, 3.05) is 34.0 Å². The van der Waals surface area contributed by atoms with Crippen molar-refractivity contribution in [2.45, 2.75) is 32.7 Å². The molecule has 21 heavy (non-hydrogen) atoms. The minimum atomic E-state index is 0.641. The number of nitrogens with one attached hydrogen (secondary N) is 1. The van der Waals surface area contributed by atoms with Gasteiger partial charge >= 0.3 is 0 Å². The van der Waals surface area contributed by atoms with E-state index in [1.54, 1.807) is 20.3 Å². The minimum Gasteiger partial charge on any atom is -0.493 e. The molecule has 0 aliphatic heterocycles. The molecule has 0 amide bonds. The van der Waals surface area contributed by atoms with E-state index < -0.39 is 0 Å². The van der Waals surface area contributed by atoms with Crippen molar-refractivity contribution in [2.24, 2.45) is 0 Å². The average molecular weight is 316 g/mol. The molecule has 0 radical (unpaired) electrons. The Morgan fingerprint density at radius 3 is 2.57 bits per heavy atom. The van der Waals surface area contributed by atoms with Gasteiger partial charge in [-0.3, -0.25) is 0 Å². The van der Waals surface area contributed by atoms with Crippen LogP contribution in [0.4, 0.5) is 0 Å². The van der Waals surface area contributed by atoms with Crippen LogP contribution in [0.15, 0.2) is 12.1 Å². The van der Waals surface area contributed by atoms with Crippen LogP contribution in [0.3, 0.4) is 0 Å². The number of rotatable bonds is 11. The van der Waals surface area contributed by atoms with Gasteiger partial charge in [0.05, 0.1) is 13.7 Å². The first-order chi connectivity index (χ1) is 10.2. The number of halogens is 1. The highest BCUT2D eigenvalue weighted by atomic mass is 35.5. The van der Waals surface area contributed by atoms with Gasteiger partial charge in [0.2, 0.25) is 0 Å². The zero-order valence-electron chi connectivity index (χ0n) is 13.2. The normalized spacial score (nSPS) is 10.7. The maximum absolute atomic E-state index is 6.14. The minimum absolute atomic E-state index is 0.641. The average Bonchev–Trinajstić information content (AvgIpc) is 2.48. The number of methoxy groups -OCH3 is 2. The summed E-state index contributed by atoms with van der Waals surface area (Å²) in [5, 5.41) is 4.03. The van der Waals surface area contributed by atoms with Crippen LogP contribution >= 0.6 is 11.6 Å². The Bertz CT molecular complexity index is 413. The molecule has 0 unspecified atom stereocenters. The maximum Gasteiger partial charge on any atom is 0.165 e. The molecule has 0 aliphatic carbocycles. The molecular weight excluding hydrogens is 290 g/mol. The van der Waals surface area contributed by atoms with Crippen LogP contribution in [0, 0.1) is 0 Å².